The van der Waals surface area contributed by atoms with Crippen molar-refractivity contribution in [3.8, 4) is 0 Å². The van der Waals surface area contributed by atoms with Crippen LogP contribution >= 0.6 is 35.6 Å². The van der Waals surface area contributed by atoms with E-state index >= 15 is 0 Å². The number of benzene rings is 1. The van der Waals surface area contributed by atoms with Crippen LogP contribution in [0.5, 0.6) is 0 Å². The average Bonchev–Trinajstić information content (AvgIpc) is 2.41. The van der Waals surface area contributed by atoms with Crippen molar-refractivity contribution in [1.29, 1.82) is 0 Å². The van der Waals surface area contributed by atoms with Crippen molar-refractivity contribution in [1.82, 2.24) is 10.6 Å². The Morgan fingerprint density at radius 3 is 2.86 bits per heavy atom. The molecule has 2 rings (SSSR count). The summed E-state index contributed by atoms with van der Waals surface area (Å²) in [5, 5.41) is 7.28. The van der Waals surface area contributed by atoms with Gasteiger partial charge in [0.25, 0.3) is 0 Å². The molecule has 1 unspecified atom stereocenters. The second-order valence-corrected chi connectivity index (χ2v) is 5.75. The monoisotopic (exact) mass is 352 g/mol. The van der Waals surface area contributed by atoms with Crippen molar-refractivity contribution in [2.75, 3.05) is 13.2 Å². The summed E-state index contributed by atoms with van der Waals surface area (Å²) in [6.45, 7) is 5.06. The summed E-state index contributed by atoms with van der Waals surface area (Å²) in [6.07, 6.45) is -0.147. The maximum absolute atomic E-state index is 12.3. The summed E-state index contributed by atoms with van der Waals surface area (Å²) in [5.74, 6) is -0.0965. The van der Waals surface area contributed by atoms with Crippen LogP contribution in [-0.4, -0.2) is 31.2 Å². The molecule has 0 bridgehead atoms. The van der Waals surface area contributed by atoms with Gasteiger partial charge in [0.2, 0.25) is 5.91 Å². The number of halogens is 3. The predicted molar refractivity (Wildman–Crippen MR) is 87.5 cm³/mol. The van der Waals surface area contributed by atoms with Gasteiger partial charge in [-0.25, -0.2) is 0 Å². The van der Waals surface area contributed by atoms with E-state index in [1.54, 1.807) is 18.2 Å². The molecule has 3 atom stereocenters. The molecule has 0 aromatic heterocycles. The minimum absolute atomic E-state index is 0. The molecule has 0 saturated carbocycles. The third kappa shape index (κ3) is 4.73. The molecule has 2 N–H and O–H groups in total. The number of hydrogen-bond donors (Lipinski definition) is 2. The van der Waals surface area contributed by atoms with Gasteiger partial charge < -0.3 is 15.4 Å². The third-order valence-electron chi connectivity index (χ3n) is 3.38. The van der Waals surface area contributed by atoms with Crippen LogP contribution in [0, 0.1) is 0 Å². The highest BCUT2D eigenvalue weighted by atomic mass is 35.5. The smallest absolute Gasteiger partial charge is 0.240 e. The molecule has 1 aromatic rings. The van der Waals surface area contributed by atoms with Gasteiger partial charge in [-0.2, -0.15) is 0 Å². The van der Waals surface area contributed by atoms with Crippen molar-refractivity contribution in [2.24, 2.45) is 0 Å². The molecule has 1 heterocycles. The second kappa shape index (κ2) is 8.20. The second-order valence-electron chi connectivity index (χ2n) is 4.90. The molecule has 1 fully saturated rings. The molecule has 1 aliphatic heterocycles. The molecule has 4 nitrogen and oxygen atoms in total. The van der Waals surface area contributed by atoms with Crippen LogP contribution in [0.1, 0.15) is 25.5 Å². The Bertz CT molecular complexity index is 499. The van der Waals surface area contributed by atoms with Gasteiger partial charge in [-0.15, -0.1) is 12.4 Å². The zero-order valence-corrected chi connectivity index (χ0v) is 14.2. The fraction of sp³-hybridized carbons (Fsp3) is 0.500. The first-order chi connectivity index (χ1) is 9.49. The SMILES string of the molecule is CC(NC(=O)[C@H]1NCCO[C@@H]1C)c1cc(Cl)ccc1Cl.Cl. The largest absolute Gasteiger partial charge is 0.375 e. The molecule has 0 spiro atoms. The van der Waals surface area contributed by atoms with Crippen molar-refractivity contribution >= 4 is 41.5 Å². The van der Waals surface area contributed by atoms with Gasteiger partial charge in [0.15, 0.2) is 0 Å². The van der Waals surface area contributed by atoms with E-state index in [4.69, 9.17) is 27.9 Å². The van der Waals surface area contributed by atoms with Crippen molar-refractivity contribution in [3.63, 3.8) is 0 Å². The highest BCUT2D eigenvalue weighted by Crippen LogP contribution is 2.26. The highest BCUT2D eigenvalue weighted by Gasteiger charge is 2.29. The lowest BCUT2D eigenvalue weighted by atomic mass is 10.1. The summed E-state index contributed by atoms with van der Waals surface area (Å²) >= 11 is 12.1. The minimum atomic E-state index is -0.343. The fourth-order valence-corrected chi connectivity index (χ4v) is 2.72. The molecular weight excluding hydrogens is 335 g/mol. The zero-order valence-electron chi connectivity index (χ0n) is 11.9. The Morgan fingerprint density at radius 1 is 1.48 bits per heavy atom. The quantitative estimate of drug-likeness (QED) is 0.878. The predicted octanol–water partition coefficient (Wildman–Crippen LogP) is 2.97. The minimum Gasteiger partial charge on any atom is -0.375 e. The molecule has 21 heavy (non-hydrogen) atoms. The lowest BCUT2D eigenvalue weighted by Gasteiger charge is -2.30. The van der Waals surface area contributed by atoms with Crippen LogP contribution in [0.15, 0.2) is 18.2 Å². The molecular formula is C14H19Cl3N2O2. The Balaban J connectivity index is 0.00000220. The molecule has 1 aromatic carbocycles. The van der Waals surface area contributed by atoms with E-state index in [9.17, 15) is 4.79 Å². The maximum Gasteiger partial charge on any atom is 0.240 e. The van der Waals surface area contributed by atoms with Gasteiger partial charge in [-0.3, -0.25) is 4.79 Å². The summed E-state index contributed by atoms with van der Waals surface area (Å²) in [6, 6.07) is 4.66. The van der Waals surface area contributed by atoms with E-state index in [0.29, 0.717) is 23.2 Å². The summed E-state index contributed by atoms with van der Waals surface area (Å²) in [4.78, 5) is 12.3. The van der Waals surface area contributed by atoms with Crippen molar-refractivity contribution in [2.45, 2.75) is 32.0 Å². The fourth-order valence-electron chi connectivity index (χ4n) is 2.25. The van der Waals surface area contributed by atoms with Gasteiger partial charge in [0.1, 0.15) is 6.04 Å². The third-order valence-corrected chi connectivity index (χ3v) is 3.96. The Morgan fingerprint density at radius 2 is 2.19 bits per heavy atom. The normalized spacial score (nSPS) is 23.0. The van der Waals surface area contributed by atoms with Crippen LogP contribution in [0.3, 0.4) is 0 Å². The maximum atomic E-state index is 12.3. The van der Waals surface area contributed by atoms with Crippen LogP contribution in [0.25, 0.3) is 0 Å². The van der Waals surface area contributed by atoms with Gasteiger partial charge in [-0.05, 0) is 37.6 Å². The van der Waals surface area contributed by atoms with Crippen molar-refractivity contribution in [3.05, 3.63) is 33.8 Å². The molecule has 118 valence electrons. The molecule has 0 aliphatic carbocycles. The van der Waals surface area contributed by atoms with Crippen molar-refractivity contribution < 1.29 is 9.53 Å². The number of rotatable bonds is 3. The van der Waals surface area contributed by atoms with Crippen LogP contribution in [0.4, 0.5) is 0 Å². The number of carbonyl (C=O) groups excluding carboxylic acids is 1. The number of morpholine rings is 1. The van der Waals surface area contributed by atoms with Crippen LogP contribution in [0.2, 0.25) is 10.0 Å². The standard InChI is InChI=1S/C14H18Cl2N2O2.ClH/c1-8(11-7-10(15)3-4-12(11)16)18-14(19)13-9(2)20-6-5-17-13;/h3-4,7-9,13,17H,5-6H2,1-2H3,(H,18,19);1H/t8?,9-,13+;/m1./s1. The first kappa shape index (κ1) is 18.5. The Labute approximate surface area is 140 Å². The number of ether oxygens (including phenoxy) is 1. The summed E-state index contributed by atoms with van der Waals surface area (Å²) in [5.41, 5.74) is 0.803. The molecule has 0 radical (unpaired) electrons. The first-order valence-electron chi connectivity index (χ1n) is 6.59. The Kier molecular flexibility index (Phi) is 7.24. The summed E-state index contributed by atoms with van der Waals surface area (Å²) in [7, 11) is 0. The lowest BCUT2D eigenvalue weighted by Crippen LogP contribution is -2.55. The highest BCUT2D eigenvalue weighted by molar-refractivity contribution is 6.33. The average molecular weight is 354 g/mol. The van der Waals surface area contributed by atoms with E-state index in [1.807, 2.05) is 13.8 Å². The van der Waals surface area contributed by atoms with Gasteiger partial charge in [0.05, 0.1) is 18.8 Å². The molecule has 1 aliphatic rings. The lowest BCUT2D eigenvalue weighted by molar-refractivity contribution is -0.129. The van der Waals surface area contributed by atoms with E-state index in [-0.39, 0.29) is 36.5 Å². The van der Waals surface area contributed by atoms with E-state index < -0.39 is 0 Å². The number of hydrogen-bond acceptors (Lipinski definition) is 3. The van der Waals surface area contributed by atoms with Crippen LogP contribution < -0.4 is 10.6 Å². The number of carbonyl (C=O) groups is 1. The summed E-state index contributed by atoms with van der Waals surface area (Å²) < 4.78 is 5.47. The zero-order chi connectivity index (χ0) is 14.7. The topological polar surface area (TPSA) is 50.4 Å². The van der Waals surface area contributed by atoms with E-state index in [0.717, 1.165) is 5.56 Å². The number of amides is 1. The molecule has 1 saturated heterocycles. The molecule has 1 amide bonds. The number of nitrogens with one attached hydrogen (secondary N) is 2. The van der Waals surface area contributed by atoms with Gasteiger partial charge >= 0.3 is 0 Å². The van der Waals surface area contributed by atoms with Gasteiger partial charge in [0, 0.05) is 16.6 Å². The van der Waals surface area contributed by atoms with E-state index in [1.165, 1.54) is 0 Å². The Hall–Kier alpha value is -0.520. The van der Waals surface area contributed by atoms with Crippen LogP contribution in [-0.2, 0) is 9.53 Å². The van der Waals surface area contributed by atoms with E-state index in [2.05, 4.69) is 10.6 Å². The molecule has 7 heteroatoms. The first-order valence-corrected chi connectivity index (χ1v) is 7.35. The van der Waals surface area contributed by atoms with Gasteiger partial charge in [-0.1, -0.05) is 23.2 Å².